The summed E-state index contributed by atoms with van der Waals surface area (Å²) in [6.07, 6.45) is 3.74. The molecule has 7 rings (SSSR count). The number of carbonyl (C=O) groups excluding carboxylic acids is 1. The molecule has 5 aliphatic rings. The summed E-state index contributed by atoms with van der Waals surface area (Å²) < 4.78 is 11.0. The van der Waals surface area contributed by atoms with Gasteiger partial charge in [-0.2, -0.15) is 0 Å². The summed E-state index contributed by atoms with van der Waals surface area (Å²) in [7, 11) is 0. The number of likely N-dealkylation sites (tertiary alicyclic amines) is 1. The van der Waals surface area contributed by atoms with Crippen LogP contribution < -0.4 is 15.2 Å². The number of ether oxygens (including phenoxy) is 2. The van der Waals surface area contributed by atoms with E-state index in [-0.39, 0.29) is 30.3 Å². The van der Waals surface area contributed by atoms with Crippen LogP contribution in [0.4, 0.5) is 0 Å². The fraction of sp³-hybridized carbons (Fsp3) is 0.500. The van der Waals surface area contributed by atoms with Gasteiger partial charge in [0.1, 0.15) is 5.69 Å². The van der Waals surface area contributed by atoms with Crippen molar-refractivity contribution in [3.05, 3.63) is 46.1 Å². The van der Waals surface area contributed by atoms with Gasteiger partial charge < -0.3 is 24.3 Å². The molecule has 8 nitrogen and oxygen atoms in total. The molecule has 6 heterocycles. The summed E-state index contributed by atoms with van der Waals surface area (Å²) in [6, 6.07) is 6.63. The van der Waals surface area contributed by atoms with Crippen molar-refractivity contribution in [2.24, 2.45) is 5.92 Å². The Kier molecular flexibility index (Phi) is 3.41. The average Bonchev–Trinajstić information content (AvgIpc) is 3.46. The first-order valence-corrected chi connectivity index (χ1v) is 9.91. The first-order valence-electron chi connectivity index (χ1n) is 9.91. The van der Waals surface area contributed by atoms with Gasteiger partial charge in [-0.05, 0) is 49.5 Å². The maximum Gasteiger partial charge on any atom is 0.323 e. The van der Waals surface area contributed by atoms with Crippen molar-refractivity contribution < 1.29 is 14.3 Å². The van der Waals surface area contributed by atoms with Crippen LogP contribution in [0.25, 0.3) is 0 Å². The topological polar surface area (TPSA) is 90.7 Å². The Morgan fingerprint density at radius 2 is 1.93 bits per heavy atom. The van der Waals surface area contributed by atoms with Crippen molar-refractivity contribution >= 4 is 5.91 Å². The SMILES string of the molecule is O=C(c1c[nH]c(=O)[nH]1)N1C[C@H](c2ccc3c(c2)OCO3)[C@H]2[C@@H]1C1CCN2CC1. The second-order valence-corrected chi connectivity index (χ2v) is 8.19. The predicted octanol–water partition coefficient (Wildman–Crippen LogP) is 1.13. The molecule has 146 valence electrons. The van der Waals surface area contributed by atoms with Crippen LogP contribution in [0.1, 0.15) is 34.8 Å². The number of amides is 1. The van der Waals surface area contributed by atoms with Crippen molar-refractivity contribution in [2.45, 2.75) is 30.8 Å². The lowest BCUT2D eigenvalue weighted by atomic mass is 9.75. The minimum absolute atomic E-state index is 0.0923. The summed E-state index contributed by atoms with van der Waals surface area (Å²) >= 11 is 0. The van der Waals surface area contributed by atoms with Crippen LogP contribution in [0.5, 0.6) is 11.5 Å². The number of H-pyrrole nitrogens is 2. The monoisotopic (exact) mass is 382 g/mol. The van der Waals surface area contributed by atoms with E-state index in [9.17, 15) is 9.59 Å². The van der Waals surface area contributed by atoms with E-state index in [1.807, 2.05) is 11.0 Å². The Hall–Kier alpha value is -2.74. The second-order valence-electron chi connectivity index (χ2n) is 8.19. The Morgan fingerprint density at radius 3 is 2.71 bits per heavy atom. The zero-order valence-electron chi connectivity index (χ0n) is 15.4. The molecule has 3 atom stereocenters. The van der Waals surface area contributed by atoms with E-state index < -0.39 is 0 Å². The lowest BCUT2D eigenvalue weighted by molar-refractivity contribution is -0.00357. The van der Waals surface area contributed by atoms with E-state index in [0.29, 0.717) is 24.2 Å². The van der Waals surface area contributed by atoms with Crippen molar-refractivity contribution in [3.63, 3.8) is 0 Å². The van der Waals surface area contributed by atoms with Crippen LogP contribution >= 0.6 is 0 Å². The lowest BCUT2D eigenvalue weighted by Gasteiger charge is -2.51. The average molecular weight is 382 g/mol. The molecule has 0 spiro atoms. The predicted molar refractivity (Wildman–Crippen MR) is 99.6 cm³/mol. The molecule has 0 saturated carbocycles. The number of nitrogens with one attached hydrogen (secondary N) is 2. The number of benzene rings is 1. The summed E-state index contributed by atoms with van der Waals surface area (Å²) in [5, 5.41) is 0. The summed E-state index contributed by atoms with van der Waals surface area (Å²) in [4.78, 5) is 34.4. The van der Waals surface area contributed by atoms with Gasteiger partial charge in [-0.1, -0.05) is 6.07 Å². The van der Waals surface area contributed by atoms with Crippen LogP contribution in [0.15, 0.2) is 29.2 Å². The first-order chi connectivity index (χ1) is 13.7. The minimum Gasteiger partial charge on any atom is -0.454 e. The minimum atomic E-state index is -0.347. The number of fused-ring (bicyclic) bond motifs is 3. The Bertz CT molecular complexity index is 990. The van der Waals surface area contributed by atoms with Gasteiger partial charge in [-0.25, -0.2) is 4.79 Å². The number of nitrogens with zero attached hydrogens (tertiary/aromatic N) is 2. The van der Waals surface area contributed by atoms with Crippen LogP contribution in [0.3, 0.4) is 0 Å². The zero-order valence-corrected chi connectivity index (χ0v) is 15.4. The number of aromatic nitrogens is 2. The standard InChI is InChI=1S/C20H22N4O4/c25-19(14-8-21-20(26)22-14)24-9-13(12-1-2-15-16(7-12)28-10-27-15)18-17(24)11-3-5-23(18)6-4-11/h1-2,7-8,11,13,17-18H,3-6,9-10H2,(H2,21,22,26)/t13-,17+,18+/m1/s1. The number of carbonyl (C=O) groups is 1. The molecule has 1 amide bonds. The zero-order chi connectivity index (χ0) is 18.8. The largest absolute Gasteiger partial charge is 0.454 e. The third-order valence-electron chi connectivity index (χ3n) is 6.91. The number of hydrogen-bond acceptors (Lipinski definition) is 5. The smallest absolute Gasteiger partial charge is 0.323 e. The van der Waals surface area contributed by atoms with Crippen molar-refractivity contribution in [3.8, 4) is 11.5 Å². The molecule has 2 N–H and O–H groups in total. The van der Waals surface area contributed by atoms with Gasteiger partial charge in [0.25, 0.3) is 5.91 Å². The van der Waals surface area contributed by atoms with Gasteiger partial charge in [0.15, 0.2) is 11.5 Å². The van der Waals surface area contributed by atoms with E-state index >= 15 is 0 Å². The fourth-order valence-corrected chi connectivity index (χ4v) is 5.69. The molecule has 4 saturated heterocycles. The van der Waals surface area contributed by atoms with Gasteiger partial charge in [-0.15, -0.1) is 0 Å². The maximum absolute atomic E-state index is 13.2. The molecule has 2 bridgehead atoms. The fourth-order valence-electron chi connectivity index (χ4n) is 5.69. The number of hydrogen-bond donors (Lipinski definition) is 2. The van der Waals surface area contributed by atoms with E-state index in [1.54, 1.807) is 0 Å². The normalized spacial score (nSPS) is 32.6. The van der Waals surface area contributed by atoms with Gasteiger partial charge in [-0.3, -0.25) is 9.69 Å². The van der Waals surface area contributed by atoms with Crippen LogP contribution in [0, 0.1) is 5.92 Å². The van der Waals surface area contributed by atoms with Crippen LogP contribution in [0.2, 0.25) is 0 Å². The number of rotatable bonds is 2. The molecule has 5 aliphatic heterocycles. The van der Waals surface area contributed by atoms with E-state index in [2.05, 4.69) is 27.0 Å². The van der Waals surface area contributed by atoms with Gasteiger partial charge >= 0.3 is 5.69 Å². The summed E-state index contributed by atoms with van der Waals surface area (Å²) in [5.41, 5.74) is 1.18. The molecule has 1 aromatic heterocycles. The molecule has 1 aromatic carbocycles. The van der Waals surface area contributed by atoms with E-state index in [1.165, 1.54) is 11.8 Å². The molecular formula is C20H22N4O4. The molecule has 0 radical (unpaired) electrons. The van der Waals surface area contributed by atoms with Crippen LogP contribution in [-0.2, 0) is 0 Å². The lowest BCUT2D eigenvalue weighted by Crippen LogP contribution is -2.60. The van der Waals surface area contributed by atoms with E-state index in [0.717, 1.165) is 37.4 Å². The highest BCUT2D eigenvalue weighted by Gasteiger charge is 2.55. The Labute approximate surface area is 161 Å². The first kappa shape index (κ1) is 16.2. The van der Waals surface area contributed by atoms with Gasteiger partial charge in [0.2, 0.25) is 6.79 Å². The highest BCUT2D eigenvalue weighted by molar-refractivity contribution is 5.92. The molecule has 28 heavy (non-hydrogen) atoms. The molecule has 2 aromatic rings. The number of imidazole rings is 1. The van der Waals surface area contributed by atoms with Crippen molar-refractivity contribution in [1.29, 1.82) is 0 Å². The quantitative estimate of drug-likeness (QED) is 0.813. The number of piperidine rings is 3. The van der Waals surface area contributed by atoms with Gasteiger partial charge in [0, 0.05) is 24.7 Å². The molecule has 8 heteroatoms. The summed E-state index contributed by atoms with van der Waals surface area (Å²) in [6.45, 7) is 3.09. The molecule has 0 unspecified atom stereocenters. The third kappa shape index (κ3) is 2.27. The highest BCUT2D eigenvalue weighted by Crippen LogP contribution is 2.48. The number of aromatic amines is 2. The maximum atomic E-state index is 13.2. The molecule has 4 fully saturated rings. The van der Waals surface area contributed by atoms with Gasteiger partial charge in [0.05, 0.1) is 6.04 Å². The van der Waals surface area contributed by atoms with E-state index in [4.69, 9.17) is 9.47 Å². The third-order valence-corrected chi connectivity index (χ3v) is 6.91. The second kappa shape index (κ2) is 5.88. The molecule has 0 aliphatic carbocycles. The van der Waals surface area contributed by atoms with Crippen molar-refractivity contribution in [2.75, 3.05) is 26.4 Å². The highest BCUT2D eigenvalue weighted by atomic mass is 16.7. The van der Waals surface area contributed by atoms with Crippen molar-refractivity contribution in [1.82, 2.24) is 19.8 Å². The van der Waals surface area contributed by atoms with Crippen LogP contribution in [-0.4, -0.2) is 64.2 Å². The summed E-state index contributed by atoms with van der Waals surface area (Å²) in [5.74, 6) is 2.21. The molecular weight excluding hydrogens is 360 g/mol. The Morgan fingerprint density at radius 1 is 1.11 bits per heavy atom. The Balaban J connectivity index is 1.39.